The minimum Gasteiger partial charge on any atom is -0.0654 e. The highest BCUT2D eigenvalue weighted by atomic mass is 14.2. The fourth-order valence-electron chi connectivity index (χ4n) is 3.53. The zero-order chi connectivity index (χ0) is 16.3. The number of rotatable bonds is 12. The van der Waals surface area contributed by atoms with Crippen LogP contribution in [0.4, 0.5) is 0 Å². The Bertz CT molecular complexity index is 168. The first-order valence-electron chi connectivity index (χ1n) is 10.8. The smallest absolute Gasteiger partial charge is 0.0414 e. The minimum atomic E-state index is 1.11. The molecule has 0 saturated heterocycles. The van der Waals surface area contributed by atoms with Crippen LogP contribution in [0.25, 0.3) is 0 Å². The van der Waals surface area contributed by atoms with Crippen molar-refractivity contribution >= 4 is 0 Å². The topological polar surface area (TPSA) is 0 Å². The van der Waals surface area contributed by atoms with E-state index in [1.165, 1.54) is 116 Å². The van der Waals surface area contributed by atoms with E-state index in [1.54, 1.807) is 0 Å². The molecule has 1 aliphatic carbocycles. The van der Waals surface area contributed by atoms with E-state index in [1.807, 2.05) is 0 Å². The number of hydrogen-bond acceptors (Lipinski definition) is 0. The molecule has 1 rings (SSSR count). The summed E-state index contributed by atoms with van der Waals surface area (Å²) in [5, 5.41) is 0. The summed E-state index contributed by atoms with van der Waals surface area (Å²) in [5.74, 6) is 1.11. The summed E-state index contributed by atoms with van der Waals surface area (Å²) in [6.07, 6.45) is 26.4. The van der Waals surface area contributed by atoms with Crippen molar-refractivity contribution in [1.82, 2.24) is 0 Å². The maximum atomic E-state index is 2.29. The molecule has 1 saturated carbocycles. The third-order valence-electron chi connectivity index (χ3n) is 5.15. The van der Waals surface area contributed by atoms with Gasteiger partial charge in [-0.25, -0.2) is 0 Å². The van der Waals surface area contributed by atoms with Gasteiger partial charge in [0.1, 0.15) is 0 Å². The van der Waals surface area contributed by atoms with Crippen LogP contribution in [-0.2, 0) is 0 Å². The second kappa shape index (κ2) is 19.0. The lowest BCUT2D eigenvalue weighted by molar-refractivity contribution is 0.331. The van der Waals surface area contributed by atoms with Crippen molar-refractivity contribution < 1.29 is 0 Å². The molecule has 0 aromatic heterocycles. The van der Waals surface area contributed by atoms with Crippen molar-refractivity contribution in [3.8, 4) is 0 Å². The minimum absolute atomic E-state index is 1.11. The molecule has 0 amide bonds. The van der Waals surface area contributed by atoms with Crippen LogP contribution in [0.3, 0.4) is 0 Å². The Morgan fingerprint density at radius 2 is 0.909 bits per heavy atom. The molecule has 0 bridgehead atoms. The van der Waals surface area contributed by atoms with Gasteiger partial charge in [0.2, 0.25) is 0 Å². The normalized spacial score (nSPS) is 15.4. The van der Waals surface area contributed by atoms with E-state index in [4.69, 9.17) is 0 Å². The molecule has 1 aliphatic rings. The van der Waals surface area contributed by atoms with Crippen molar-refractivity contribution in [2.45, 2.75) is 136 Å². The Morgan fingerprint density at radius 3 is 1.32 bits per heavy atom. The Balaban J connectivity index is 0.000000406. The highest BCUT2D eigenvalue weighted by Gasteiger charge is 2.11. The van der Waals surface area contributed by atoms with E-state index < -0.39 is 0 Å². The number of unbranched alkanes of at least 4 members (excludes halogenated alkanes) is 10. The predicted octanol–water partition coefficient (Wildman–Crippen LogP) is 8.68. The van der Waals surface area contributed by atoms with Gasteiger partial charge in [0.25, 0.3) is 0 Å². The van der Waals surface area contributed by atoms with Crippen molar-refractivity contribution in [3.05, 3.63) is 0 Å². The predicted molar refractivity (Wildman–Crippen MR) is 104 cm³/mol. The molecule has 0 spiro atoms. The Labute approximate surface area is 142 Å². The van der Waals surface area contributed by atoms with Crippen molar-refractivity contribution in [2.24, 2.45) is 5.92 Å². The molecule has 0 radical (unpaired) electrons. The monoisotopic (exact) mass is 310 g/mol. The maximum Gasteiger partial charge on any atom is -0.0414 e. The van der Waals surface area contributed by atoms with E-state index in [0.717, 1.165) is 5.92 Å². The van der Waals surface area contributed by atoms with Gasteiger partial charge < -0.3 is 0 Å². The molecule has 0 heterocycles. The molecule has 0 heteroatoms. The lowest BCUT2D eigenvalue weighted by atomic mass is 9.86. The highest BCUT2D eigenvalue weighted by molar-refractivity contribution is 4.65. The van der Waals surface area contributed by atoms with Crippen LogP contribution in [0.2, 0.25) is 0 Å². The SMILES string of the molecule is CCCCC1CCCCC1.CCCCCCCCCCCC. The standard InChI is InChI=1S/C12H26.C10H20/c1-3-5-7-9-11-12-10-8-6-4-2;1-2-3-7-10-8-5-4-6-9-10/h3-12H2,1-2H3;10H,2-9H2,1H3. The average molecular weight is 311 g/mol. The molecular formula is C22H46. The summed E-state index contributed by atoms with van der Waals surface area (Å²) in [6.45, 7) is 6.85. The largest absolute Gasteiger partial charge is 0.0654 e. The second-order valence-electron chi connectivity index (χ2n) is 7.47. The van der Waals surface area contributed by atoms with Gasteiger partial charge in [-0.1, -0.05) is 136 Å². The molecule has 0 aromatic carbocycles. The van der Waals surface area contributed by atoms with Crippen LogP contribution in [0.15, 0.2) is 0 Å². The van der Waals surface area contributed by atoms with Gasteiger partial charge >= 0.3 is 0 Å². The number of hydrogen-bond donors (Lipinski definition) is 0. The molecule has 0 unspecified atom stereocenters. The summed E-state index contributed by atoms with van der Waals surface area (Å²) in [4.78, 5) is 0. The third kappa shape index (κ3) is 16.4. The summed E-state index contributed by atoms with van der Waals surface area (Å²) in [6, 6.07) is 0. The van der Waals surface area contributed by atoms with Crippen molar-refractivity contribution in [2.75, 3.05) is 0 Å². The third-order valence-corrected chi connectivity index (χ3v) is 5.15. The first-order valence-corrected chi connectivity index (χ1v) is 10.8. The van der Waals surface area contributed by atoms with Gasteiger partial charge in [0.15, 0.2) is 0 Å². The quantitative estimate of drug-likeness (QED) is 0.316. The van der Waals surface area contributed by atoms with Gasteiger partial charge in [-0.15, -0.1) is 0 Å². The maximum absolute atomic E-state index is 2.29. The fraction of sp³-hybridized carbons (Fsp3) is 1.00. The van der Waals surface area contributed by atoms with Crippen molar-refractivity contribution in [1.29, 1.82) is 0 Å². The van der Waals surface area contributed by atoms with E-state index in [2.05, 4.69) is 20.8 Å². The Hall–Kier alpha value is 0. The first kappa shape index (κ1) is 22.0. The molecule has 0 aromatic rings. The van der Waals surface area contributed by atoms with Crippen LogP contribution in [0, 0.1) is 5.92 Å². The lowest BCUT2D eigenvalue weighted by Gasteiger charge is -2.20. The van der Waals surface area contributed by atoms with Gasteiger partial charge in [-0.05, 0) is 5.92 Å². The van der Waals surface area contributed by atoms with Gasteiger partial charge in [0, 0.05) is 0 Å². The molecular weight excluding hydrogens is 264 g/mol. The summed E-state index contributed by atoms with van der Waals surface area (Å²) in [7, 11) is 0. The fourth-order valence-corrected chi connectivity index (χ4v) is 3.53. The zero-order valence-corrected chi connectivity index (χ0v) is 16.3. The summed E-state index contributed by atoms with van der Waals surface area (Å²) >= 11 is 0. The Kier molecular flexibility index (Phi) is 19.0. The molecule has 22 heavy (non-hydrogen) atoms. The Morgan fingerprint density at radius 1 is 0.500 bits per heavy atom. The van der Waals surface area contributed by atoms with Crippen LogP contribution in [0.5, 0.6) is 0 Å². The van der Waals surface area contributed by atoms with Gasteiger partial charge in [-0.2, -0.15) is 0 Å². The van der Waals surface area contributed by atoms with E-state index >= 15 is 0 Å². The molecule has 0 aliphatic heterocycles. The highest BCUT2D eigenvalue weighted by Crippen LogP contribution is 2.27. The summed E-state index contributed by atoms with van der Waals surface area (Å²) in [5.41, 5.74) is 0. The van der Waals surface area contributed by atoms with Crippen LogP contribution < -0.4 is 0 Å². The van der Waals surface area contributed by atoms with Gasteiger partial charge in [-0.3, -0.25) is 0 Å². The van der Waals surface area contributed by atoms with Crippen LogP contribution >= 0.6 is 0 Å². The van der Waals surface area contributed by atoms with E-state index in [-0.39, 0.29) is 0 Å². The zero-order valence-electron chi connectivity index (χ0n) is 16.3. The molecule has 134 valence electrons. The summed E-state index contributed by atoms with van der Waals surface area (Å²) < 4.78 is 0. The van der Waals surface area contributed by atoms with Gasteiger partial charge in [0.05, 0.1) is 0 Å². The molecule has 1 fully saturated rings. The molecule has 0 N–H and O–H groups in total. The molecule has 0 nitrogen and oxygen atoms in total. The first-order chi connectivity index (χ1) is 10.8. The van der Waals surface area contributed by atoms with Crippen LogP contribution in [0.1, 0.15) is 136 Å². The second-order valence-corrected chi connectivity index (χ2v) is 7.47. The van der Waals surface area contributed by atoms with E-state index in [0.29, 0.717) is 0 Å². The average Bonchev–Trinajstić information content (AvgIpc) is 2.57. The van der Waals surface area contributed by atoms with Crippen molar-refractivity contribution in [3.63, 3.8) is 0 Å². The van der Waals surface area contributed by atoms with Crippen LogP contribution in [-0.4, -0.2) is 0 Å². The van der Waals surface area contributed by atoms with E-state index in [9.17, 15) is 0 Å². The molecule has 0 atom stereocenters. The lowest BCUT2D eigenvalue weighted by Crippen LogP contribution is -2.05.